The Bertz CT molecular complexity index is 1430. The number of hydrogen-bond acceptors (Lipinski definition) is 4. The van der Waals surface area contributed by atoms with Gasteiger partial charge in [0.15, 0.2) is 0 Å². The normalized spacial score (nSPS) is 13.5. The molecule has 0 aliphatic carbocycles. The molecule has 2 unspecified atom stereocenters. The van der Waals surface area contributed by atoms with Crippen LogP contribution in [0.15, 0.2) is 66.9 Å². The highest BCUT2D eigenvalue weighted by Crippen LogP contribution is 2.23. The van der Waals surface area contributed by atoms with Crippen molar-refractivity contribution in [2.75, 3.05) is 6.54 Å². The van der Waals surface area contributed by atoms with Crippen molar-refractivity contribution in [1.29, 1.82) is 0 Å². The number of carbonyl (C=O) groups excluding carboxylic acids is 2. The summed E-state index contributed by atoms with van der Waals surface area (Å²) in [5, 5.41) is 8.06. The maximum Gasteiger partial charge on any atom is 0.408 e. The Balaban J connectivity index is 1.39. The van der Waals surface area contributed by atoms with Crippen LogP contribution in [0.25, 0.3) is 21.8 Å². The van der Waals surface area contributed by atoms with E-state index in [2.05, 4.69) is 22.5 Å². The summed E-state index contributed by atoms with van der Waals surface area (Å²) in [5.41, 5.74) is 2.56. The van der Waals surface area contributed by atoms with Crippen LogP contribution in [0.4, 0.5) is 4.79 Å². The first-order valence-corrected chi connectivity index (χ1v) is 15.0. The fourth-order valence-electron chi connectivity index (χ4n) is 5.30. The summed E-state index contributed by atoms with van der Waals surface area (Å²) >= 11 is 0. The Morgan fingerprint density at radius 1 is 0.976 bits per heavy atom. The van der Waals surface area contributed by atoms with E-state index in [1.165, 1.54) is 25.7 Å². The minimum atomic E-state index is -1.21. The summed E-state index contributed by atoms with van der Waals surface area (Å²) < 4.78 is 5.70. The average Bonchev–Trinajstić information content (AvgIpc) is 3.37. The molecule has 0 bridgehead atoms. The molecule has 4 rings (SSSR count). The van der Waals surface area contributed by atoms with Crippen molar-refractivity contribution in [3.63, 3.8) is 0 Å². The van der Waals surface area contributed by atoms with Crippen molar-refractivity contribution in [3.8, 4) is 0 Å². The number of nitrogens with zero attached hydrogens (tertiary/aromatic N) is 1. The number of para-hydroxylation sites is 2. The van der Waals surface area contributed by atoms with Gasteiger partial charge in [-0.05, 0) is 50.5 Å². The van der Waals surface area contributed by atoms with Gasteiger partial charge in [0.1, 0.15) is 11.6 Å². The number of unbranched alkanes of at least 4 members (excludes halogenated alkanes) is 5. The molecule has 3 N–H and O–H groups in total. The number of benzene rings is 2. The number of amides is 2. The highest BCUT2D eigenvalue weighted by Gasteiger charge is 2.36. The number of aromatic nitrogens is 2. The molecule has 7 heteroatoms. The van der Waals surface area contributed by atoms with Crippen LogP contribution in [-0.4, -0.2) is 40.2 Å². The second-order valence-electron chi connectivity index (χ2n) is 11.3. The molecular weight excluding hydrogens is 512 g/mol. The minimum Gasteiger partial charge on any atom is -0.447 e. The van der Waals surface area contributed by atoms with E-state index in [1.54, 1.807) is 6.92 Å². The van der Waals surface area contributed by atoms with Gasteiger partial charge < -0.3 is 20.4 Å². The smallest absolute Gasteiger partial charge is 0.408 e. The summed E-state index contributed by atoms with van der Waals surface area (Å²) in [4.78, 5) is 34.6. The van der Waals surface area contributed by atoms with Gasteiger partial charge in [-0.1, -0.05) is 81.5 Å². The predicted molar refractivity (Wildman–Crippen MR) is 166 cm³/mol. The van der Waals surface area contributed by atoms with Crippen LogP contribution >= 0.6 is 0 Å². The van der Waals surface area contributed by atoms with E-state index < -0.39 is 11.6 Å². The summed E-state index contributed by atoms with van der Waals surface area (Å²) in [7, 11) is 0. The molecule has 2 amide bonds. The van der Waals surface area contributed by atoms with Crippen molar-refractivity contribution < 1.29 is 14.3 Å². The van der Waals surface area contributed by atoms with Crippen LogP contribution in [0.3, 0.4) is 0 Å². The Labute approximate surface area is 243 Å². The number of hydrogen-bond donors (Lipinski definition) is 3. The van der Waals surface area contributed by atoms with Crippen molar-refractivity contribution in [2.24, 2.45) is 0 Å². The first-order chi connectivity index (χ1) is 19.9. The predicted octanol–water partition coefficient (Wildman–Crippen LogP) is 7.24. The maximum atomic E-state index is 13.6. The molecule has 41 heavy (non-hydrogen) atoms. The number of alkyl carbamates (subject to hydrolysis) is 1. The molecule has 0 saturated heterocycles. The van der Waals surface area contributed by atoms with E-state index in [0.29, 0.717) is 19.4 Å². The topological polar surface area (TPSA) is 96.1 Å². The van der Waals surface area contributed by atoms with E-state index in [-0.39, 0.29) is 12.0 Å². The zero-order chi connectivity index (χ0) is 29.1. The molecule has 4 aromatic rings. The van der Waals surface area contributed by atoms with Crippen molar-refractivity contribution in [3.05, 3.63) is 78.1 Å². The number of fused-ring (bicyclic) bond motifs is 2. The van der Waals surface area contributed by atoms with Gasteiger partial charge in [-0.2, -0.15) is 0 Å². The van der Waals surface area contributed by atoms with Crippen LogP contribution in [-0.2, 0) is 22.4 Å². The van der Waals surface area contributed by atoms with Gasteiger partial charge >= 0.3 is 6.09 Å². The fourth-order valence-corrected chi connectivity index (χ4v) is 5.30. The lowest BCUT2D eigenvalue weighted by Gasteiger charge is -2.30. The van der Waals surface area contributed by atoms with Crippen LogP contribution in [0.5, 0.6) is 0 Å². The van der Waals surface area contributed by atoms with E-state index in [1.807, 2.05) is 73.8 Å². The molecule has 218 valence electrons. The van der Waals surface area contributed by atoms with Gasteiger partial charge in [0.25, 0.3) is 0 Å². The molecule has 0 saturated carbocycles. The summed E-state index contributed by atoms with van der Waals surface area (Å²) in [5.74, 6) is -0.260. The maximum absolute atomic E-state index is 13.6. The molecule has 2 aromatic carbocycles. The Morgan fingerprint density at radius 3 is 2.59 bits per heavy atom. The van der Waals surface area contributed by atoms with E-state index >= 15 is 0 Å². The van der Waals surface area contributed by atoms with Crippen molar-refractivity contribution >= 4 is 33.8 Å². The molecule has 0 radical (unpaired) electrons. The standard InChI is InChI=1S/C34H44N4O3/c1-4-5-6-7-8-9-14-25(2)41-33(40)38-34(3,23-27-24-36-31-18-13-11-16-29(27)31)32(39)35-22-21-28-20-19-26-15-10-12-17-30(26)37-28/h10-13,15-20,24-25,36H,4-9,14,21-23H2,1-3H3,(H,35,39)(H,38,40). The zero-order valence-corrected chi connectivity index (χ0v) is 24.7. The van der Waals surface area contributed by atoms with Gasteiger partial charge in [-0.25, -0.2) is 4.79 Å². The quantitative estimate of drug-likeness (QED) is 0.134. The molecular formula is C34H44N4O3. The monoisotopic (exact) mass is 556 g/mol. The Kier molecular flexibility index (Phi) is 10.8. The SMILES string of the molecule is CCCCCCCCC(C)OC(=O)NC(C)(Cc1c[nH]c2ccccc12)C(=O)NCCc1ccc2ccccc2n1. The van der Waals surface area contributed by atoms with E-state index in [0.717, 1.165) is 52.3 Å². The third-order valence-electron chi connectivity index (χ3n) is 7.69. The van der Waals surface area contributed by atoms with Crippen molar-refractivity contribution in [1.82, 2.24) is 20.6 Å². The molecule has 0 fully saturated rings. The largest absolute Gasteiger partial charge is 0.447 e. The lowest BCUT2D eigenvalue weighted by atomic mass is 9.91. The van der Waals surface area contributed by atoms with E-state index in [9.17, 15) is 9.59 Å². The zero-order valence-electron chi connectivity index (χ0n) is 24.7. The summed E-state index contributed by atoms with van der Waals surface area (Å²) in [6, 6.07) is 20.0. The van der Waals surface area contributed by atoms with Gasteiger partial charge in [-0.15, -0.1) is 0 Å². The highest BCUT2D eigenvalue weighted by atomic mass is 16.6. The molecule has 0 spiro atoms. The number of carbonyl (C=O) groups is 2. The van der Waals surface area contributed by atoms with Crippen LogP contribution in [0.2, 0.25) is 0 Å². The number of ether oxygens (including phenoxy) is 1. The lowest BCUT2D eigenvalue weighted by molar-refractivity contribution is -0.126. The third-order valence-corrected chi connectivity index (χ3v) is 7.69. The minimum absolute atomic E-state index is 0.222. The average molecular weight is 557 g/mol. The van der Waals surface area contributed by atoms with Crippen molar-refractivity contribution in [2.45, 2.75) is 90.2 Å². The second kappa shape index (κ2) is 14.7. The van der Waals surface area contributed by atoms with Crippen LogP contribution in [0, 0.1) is 0 Å². The fraction of sp³-hybridized carbons (Fsp3) is 0.441. The number of nitrogens with one attached hydrogen (secondary N) is 3. The molecule has 0 aliphatic heterocycles. The first-order valence-electron chi connectivity index (χ1n) is 15.0. The first kappa shape index (κ1) is 30.1. The molecule has 2 aromatic heterocycles. The van der Waals surface area contributed by atoms with Gasteiger partial charge in [-0.3, -0.25) is 9.78 Å². The summed E-state index contributed by atoms with van der Waals surface area (Å²) in [6.07, 6.45) is 9.95. The molecule has 2 heterocycles. The Hall–Kier alpha value is -3.87. The number of pyridine rings is 1. The molecule has 2 atom stereocenters. The van der Waals surface area contributed by atoms with Gasteiger partial charge in [0.05, 0.1) is 5.52 Å². The van der Waals surface area contributed by atoms with Gasteiger partial charge in [0, 0.05) is 47.6 Å². The van der Waals surface area contributed by atoms with E-state index in [4.69, 9.17) is 9.72 Å². The molecule has 0 aliphatic rings. The number of H-pyrrole nitrogens is 1. The van der Waals surface area contributed by atoms with Crippen LogP contribution in [0.1, 0.15) is 77.0 Å². The lowest BCUT2D eigenvalue weighted by Crippen LogP contribution is -2.58. The third kappa shape index (κ3) is 8.56. The van der Waals surface area contributed by atoms with Crippen LogP contribution < -0.4 is 10.6 Å². The number of rotatable bonds is 15. The number of aromatic amines is 1. The van der Waals surface area contributed by atoms with Gasteiger partial charge in [0.2, 0.25) is 5.91 Å². The molecule has 7 nitrogen and oxygen atoms in total. The Morgan fingerprint density at radius 2 is 1.73 bits per heavy atom. The summed E-state index contributed by atoms with van der Waals surface area (Å²) in [6.45, 7) is 6.29. The second-order valence-corrected chi connectivity index (χ2v) is 11.3. The highest BCUT2D eigenvalue weighted by molar-refractivity contribution is 5.91.